The standard InChI is InChI=1S/C15H23N5O4/c1-5-19-12(16-17-14(19)22)11-6-9(23-4)8-20(11)13(21)10-7-15(2,3)24-18-10/h9,11H,5-8H2,1-4H3,(H,17,22)/t9-,11-/m0/s1. The quantitative estimate of drug-likeness (QED) is 0.859. The molecule has 1 fully saturated rings. The van der Waals surface area contributed by atoms with Crippen LogP contribution in [0.2, 0.25) is 0 Å². The van der Waals surface area contributed by atoms with Gasteiger partial charge in [-0.15, -0.1) is 0 Å². The number of nitrogens with zero attached hydrogens (tertiary/aromatic N) is 4. The molecule has 0 aromatic carbocycles. The summed E-state index contributed by atoms with van der Waals surface area (Å²) in [6, 6.07) is -0.326. The highest BCUT2D eigenvalue weighted by molar-refractivity contribution is 6.39. The van der Waals surface area contributed by atoms with Gasteiger partial charge in [-0.25, -0.2) is 9.89 Å². The minimum Gasteiger partial charge on any atom is -0.389 e. The molecule has 2 aliphatic rings. The van der Waals surface area contributed by atoms with Crippen molar-refractivity contribution in [1.82, 2.24) is 19.7 Å². The minimum atomic E-state index is -0.473. The summed E-state index contributed by atoms with van der Waals surface area (Å²) in [7, 11) is 1.62. The number of methoxy groups -OCH3 is 1. The number of aromatic nitrogens is 3. The average Bonchev–Trinajstić information content (AvgIpc) is 3.22. The van der Waals surface area contributed by atoms with Gasteiger partial charge in [0.05, 0.1) is 12.1 Å². The lowest BCUT2D eigenvalue weighted by Crippen LogP contribution is -2.38. The number of oxime groups is 1. The molecule has 0 spiro atoms. The van der Waals surface area contributed by atoms with E-state index in [4.69, 9.17) is 9.57 Å². The van der Waals surface area contributed by atoms with Gasteiger partial charge in [0.2, 0.25) is 0 Å². The summed E-state index contributed by atoms with van der Waals surface area (Å²) < 4.78 is 6.98. The van der Waals surface area contributed by atoms with Gasteiger partial charge in [0.1, 0.15) is 11.3 Å². The Labute approximate surface area is 139 Å². The van der Waals surface area contributed by atoms with E-state index in [1.54, 1.807) is 16.6 Å². The van der Waals surface area contributed by atoms with E-state index >= 15 is 0 Å². The van der Waals surface area contributed by atoms with Gasteiger partial charge < -0.3 is 14.5 Å². The van der Waals surface area contributed by atoms with Crippen molar-refractivity contribution in [2.45, 2.75) is 57.9 Å². The molecular weight excluding hydrogens is 314 g/mol. The smallest absolute Gasteiger partial charge is 0.343 e. The molecule has 132 valence electrons. The Bertz CT molecular complexity index is 720. The predicted octanol–water partition coefficient (Wildman–Crippen LogP) is 0.435. The molecule has 1 saturated heterocycles. The SMILES string of the molecule is CCn1c([C@@H]2C[C@H](OC)CN2C(=O)C2=NOC(C)(C)C2)n[nH]c1=O. The summed E-state index contributed by atoms with van der Waals surface area (Å²) in [4.78, 5) is 31.8. The second-order valence-corrected chi connectivity index (χ2v) is 6.76. The minimum absolute atomic E-state index is 0.105. The van der Waals surface area contributed by atoms with Crippen LogP contribution in [0.25, 0.3) is 0 Å². The topological polar surface area (TPSA) is 102 Å². The Morgan fingerprint density at radius 3 is 2.83 bits per heavy atom. The number of nitrogens with one attached hydrogen (secondary N) is 1. The first-order chi connectivity index (χ1) is 11.4. The number of amides is 1. The lowest BCUT2D eigenvalue weighted by atomic mass is 10.0. The van der Waals surface area contributed by atoms with E-state index in [0.717, 1.165) is 0 Å². The molecule has 0 unspecified atom stereocenters. The Kier molecular flexibility index (Phi) is 4.20. The lowest BCUT2D eigenvalue weighted by molar-refractivity contribution is -0.125. The Balaban J connectivity index is 1.90. The van der Waals surface area contributed by atoms with E-state index in [1.165, 1.54) is 0 Å². The maximum Gasteiger partial charge on any atom is 0.343 e. The fourth-order valence-corrected chi connectivity index (χ4v) is 3.25. The van der Waals surface area contributed by atoms with Gasteiger partial charge in [0, 0.05) is 33.0 Å². The van der Waals surface area contributed by atoms with Crippen LogP contribution < -0.4 is 5.69 Å². The van der Waals surface area contributed by atoms with E-state index in [9.17, 15) is 9.59 Å². The summed E-state index contributed by atoms with van der Waals surface area (Å²) in [6.07, 6.45) is 0.935. The molecule has 1 aromatic rings. The molecular formula is C15H23N5O4. The zero-order chi connectivity index (χ0) is 17.5. The molecule has 9 nitrogen and oxygen atoms in total. The van der Waals surface area contributed by atoms with E-state index in [2.05, 4.69) is 15.4 Å². The van der Waals surface area contributed by atoms with Crippen LogP contribution in [0.1, 0.15) is 45.5 Å². The Morgan fingerprint density at radius 2 is 2.25 bits per heavy atom. The van der Waals surface area contributed by atoms with Gasteiger partial charge in [0.15, 0.2) is 5.82 Å². The zero-order valence-corrected chi connectivity index (χ0v) is 14.4. The lowest BCUT2D eigenvalue weighted by Gasteiger charge is -2.23. The second kappa shape index (κ2) is 6.04. The highest BCUT2D eigenvalue weighted by Gasteiger charge is 2.43. The molecule has 1 N–H and O–H groups in total. The Hall–Kier alpha value is -2.16. The molecule has 2 atom stereocenters. The number of rotatable bonds is 4. The summed E-state index contributed by atoms with van der Waals surface area (Å²) in [5.41, 5.74) is -0.357. The van der Waals surface area contributed by atoms with Gasteiger partial charge in [-0.3, -0.25) is 9.36 Å². The van der Waals surface area contributed by atoms with Crippen LogP contribution in [-0.4, -0.2) is 56.6 Å². The highest BCUT2D eigenvalue weighted by atomic mass is 16.7. The molecule has 0 aliphatic carbocycles. The van der Waals surface area contributed by atoms with Crippen molar-refractivity contribution in [3.05, 3.63) is 16.3 Å². The van der Waals surface area contributed by atoms with Crippen LogP contribution in [0.5, 0.6) is 0 Å². The number of hydrogen-bond acceptors (Lipinski definition) is 6. The third kappa shape index (κ3) is 2.83. The number of aromatic amines is 1. The number of carbonyl (C=O) groups excluding carboxylic acids is 1. The van der Waals surface area contributed by atoms with Gasteiger partial charge >= 0.3 is 5.69 Å². The van der Waals surface area contributed by atoms with E-state index in [-0.39, 0.29) is 23.7 Å². The van der Waals surface area contributed by atoms with Crippen molar-refractivity contribution in [2.75, 3.05) is 13.7 Å². The van der Waals surface area contributed by atoms with E-state index in [0.29, 0.717) is 37.5 Å². The average molecular weight is 337 g/mol. The molecule has 1 aromatic heterocycles. The van der Waals surface area contributed by atoms with Gasteiger partial charge in [-0.05, 0) is 20.8 Å². The molecule has 1 amide bonds. The van der Waals surface area contributed by atoms with Crippen LogP contribution in [0.3, 0.4) is 0 Å². The van der Waals surface area contributed by atoms with Crippen LogP contribution in [-0.2, 0) is 20.9 Å². The molecule has 3 rings (SSSR count). The van der Waals surface area contributed by atoms with E-state index < -0.39 is 5.60 Å². The molecule has 3 heterocycles. The summed E-state index contributed by atoms with van der Waals surface area (Å²) in [5.74, 6) is 0.359. The number of hydrogen-bond donors (Lipinski definition) is 1. The van der Waals surface area contributed by atoms with Crippen LogP contribution in [0, 0.1) is 0 Å². The molecule has 9 heteroatoms. The van der Waals surface area contributed by atoms with Crippen LogP contribution in [0.15, 0.2) is 9.95 Å². The van der Waals surface area contributed by atoms with Gasteiger partial charge in [-0.2, -0.15) is 5.10 Å². The van der Waals surface area contributed by atoms with Crippen molar-refractivity contribution < 1.29 is 14.4 Å². The highest BCUT2D eigenvalue weighted by Crippen LogP contribution is 2.33. The van der Waals surface area contributed by atoms with Crippen LogP contribution >= 0.6 is 0 Å². The number of ether oxygens (including phenoxy) is 1. The maximum absolute atomic E-state index is 12.9. The number of carbonyl (C=O) groups is 1. The molecule has 2 aliphatic heterocycles. The molecule has 0 saturated carbocycles. The normalized spacial score (nSPS) is 25.7. The largest absolute Gasteiger partial charge is 0.389 e. The number of likely N-dealkylation sites (tertiary alicyclic amines) is 1. The van der Waals surface area contributed by atoms with Crippen molar-refractivity contribution in [1.29, 1.82) is 0 Å². The molecule has 24 heavy (non-hydrogen) atoms. The summed E-state index contributed by atoms with van der Waals surface area (Å²) >= 11 is 0. The first kappa shape index (κ1) is 16.7. The van der Waals surface area contributed by atoms with Gasteiger partial charge in [-0.1, -0.05) is 5.16 Å². The van der Waals surface area contributed by atoms with Crippen molar-refractivity contribution in [3.63, 3.8) is 0 Å². The fraction of sp³-hybridized carbons (Fsp3) is 0.733. The summed E-state index contributed by atoms with van der Waals surface area (Å²) in [5, 5.41) is 10.5. The monoisotopic (exact) mass is 337 g/mol. The van der Waals surface area contributed by atoms with Gasteiger partial charge in [0.25, 0.3) is 5.91 Å². The number of H-pyrrole nitrogens is 1. The van der Waals surface area contributed by atoms with E-state index in [1.807, 2.05) is 20.8 Å². The zero-order valence-electron chi connectivity index (χ0n) is 14.4. The van der Waals surface area contributed by atoms with Crippen molar-refractivity contribution in [3.8, 4) is 0 Å². The molecule has 0 bridgehead atoms. The predicted molar refractivity (Wildman–Crippen MR) is 85.6 cm³/mol. The Morgan fingerprint density at radius 1 is 1.50 bits per heavy atom. The maximum atomic E-state index is 12.9. The van der Waals surface area contributed by atoms with Crippen LogP contribution in [0.4, 0.5) is 0 Å². The molecule has 0 radical (unpaired) electrons. The third-order valence-electron chi connectivity index (χ3n) is 4.50. The summed E-state index contributed by atoms with van der Waals surface area (Å²) in [6.45, 7) is 6.56. The van der Waals surface area contributed by atoms with Crippen molar-refractivity contribution >= 4 is 11.6 Å². The fourth-order valence-electron chi connectivity index (χ4n) is 3.25. The van der Waals surface area contributed by atoms with Crippen molar-refractivity contribution in [2.24, 2.45) is 5.16 Å². The first-order valence-electron chi connectivity index (χ1n) is 8.10. The first-order valence-corrected chi connectivity index (χ1v) is 8.10. The second-order valence-electron chi connectivity index (χ2n) is 6.76. The third-order valence-corrected chi connectivity index (χ3v) is 4.50.